The third-order valence-corrected chi connectivity index (χ3v) is 4.77. The monoisotopic (exact) mass is 271 g/mol. The van der Waals surface area contributed by atoms with Gasteiger partial charge in [-0.15, -0.1) is 12.4 Å². The minimum absolute atomic E-state index is 0. The van der Waals surface area contributed by atoms with Crippen LogP contribution in [0.1, 0.15) is 23.1 Å². The van der Waals surface area contributed by atoms with E-state index >= 15 is 0 Å². The van der Waals surface area contributed by atoms with E-state index in [4.69, 9.17) is 11.6 Å². The average Bonchev–Trinajstić information content (AvgIpc) is 2.76. The van der Waals surface area contributed by atoms with Crippen LogP contribution in [0.2, 0.25) is 5.02 Å². The minimum Gasteiger partial charge on any atom is -0.305 e. The summed E-state index contributed by atoms with van der Waals surface area (Å²) in [6.45, 7) is 6.77. The molecule has 3 heteroatoms. The molecule has 2 atom stereocenters. The molecule has 1 heterocycles. The number of aryl methyl sites for hydroxylation is 2. The van der Waals surface area contributed by atoms with Gasteiger partial charge in [0.05, 0.1) is 0 Å². The van der Waals surface area contributed by atoms with Crippen LogP contribution in [-0.4, -0.2) is 25.0 Å². The van der Waals surface area contributed by atoms with E-state index in [9.17, 15) is 0 Å². The van der Waals surface area contributed by atoms with Crippen LogP contribution in [0.4, 0.5) is 0 Å². The zero-order valence-corrected chi connectivity index (χ0v) is 12.2. The van der Waals surface area contributed by atoms with Crippen molar-refractivity contribution >= 4 is 24.0 Å². The number of hydrogen-bond acceptors (Lipinski definition) is 1. The van der Waals surface area contributed by atoms with Crippen molar-refractivity contribution in [1.29, 1.82) is 0 Å². The number of likely N-dealkylation sites (tertiary alicyclic amines) is 1. The summed E-state index contributed by atoms with van der Waals surface area (Å²) in [4.78, 5) is 2.45. The molecule has 0 radical (unpaired) electrons. The van der Waals surface area contributed by atoms with Gasteiger partial charge in [-0.25, -0.2) is 0 Å². The van der Waals surface area contributed by atoms with Crippen LogP contribution < -0.4 is 0 Å². The fourth-order valence-electron chi connectivity index (χ4n) is 3.51. The molecule has 2 aliphatic rings. The zero-order chi connectivity index (χ0) is 11.5. The Morgan fingerprint density at radius 3 is 2.59 bits per heavy atom. The summed E-state index contributed by atoms with van der Waals surface area (Å²) in [5.41, 5.74) is 4.55. The maximum absolute atomic E-state index is 6.27. The summed E-state index contributed by atoms with van der Waals surface area (Å²) in [5, 5.41) is 0.926. The lowest BCUT2D eigenvalue weighted by Crippen LogP contribution is -2.22. The number of fused-ring (bicyclic) bond motifs is 1. The second kappa shape index (κ2) is 4.15. The fraction of sp³-hybridized carbons (Fsp3) is 0.571. The van der Waals surface area contributed by atoms with E-state index < -0.39 is 0 Å². The van der Waals surface area contributed by atoms with E-state index in [0.717, 1.165) is 10.9 Å². The molecule has 1 nitrogen and oxygen atoms in total. The van der Waals surface area contributed by atoms with Crippen LogP contribution in [-0.2, 0) is 5.41 Å². The normalized spacial score (nSPS) is 30.9. The van der Waals surface area contributed by atoms with Crippen LogP contribution in [0, 0.1) is 19.8 Å². The van der Waals surface area contributed by atoms with Crippen molar-refractivity contribution in [2.75, 3.05) is 20.1 Å². The Labute approximate surface area is 115 Å². The van der Waals surface area contributed by atoms with Crippen molar-refractivity contribution in [2.45, 2.75) is 25.7 Å². The number of hydrogen-bond donors (Lipinski definition) is 0. The van der Waals surface area contributed by atoms with Gasteiger partial charge in [-0.3, -0.25) is 0 Å². The van der Waals surface area contributed by atoms with E-state index in [0.29, 0.717) is 5.41 Å². The first-order valence-electron chi connectivity index (χ1n) is 5.99. The average molecular weight is 272 g/mol. The van der Waals surface area contributed by atoms with Crippen molar-refractivity contribution in [3.63, 3.8) is 0 Å². The Hall–Kier alpha value is -0.240. The van der Waals surface area contributed by atoms with Gasteiger partial charge in [0, 0.05) is 23.5 Å². The van der Waals surface area contributed by atoms with Crippen LogP contribution >= 0.6 is 24.0 Å². The van der Waals surface area contributed by atoms with E-state index in [1.807, 2.05) is 0 Å². The van der Waals surface area contributed by atoms with Gasteiger partial charge in [0.15, 0.2) is 0 Å². The van der Waals surface area contributed by atoms with Gasteiger partial charge < -0.3 is 4.90 Å². The number of benzene rings is 1. The van der Waals surface area contributed by atoms with Crippen LogP contribution in [0.5, 0.6) is 0 Å². The first kappa shape index (κ1) is 13.2. The summed E-state index contributed by atoms with van der Waals surface area (Å²) in [6, 6.07) is 4.45. The quantitative estimate of drug-likeness (QED) is 0.755. The summed E-state index contributed by atoms with van der Waals surface area (Å²) < 4.78 is 0. The van der Waals surface area contributed by atoms with Crippen molar-refractivity contribution in [3.8, 4) is 0 Å². The predicted octanol–water partition coefficient (Wildman–Crippen LogP) is 3.58. The highest BCUT2D eigenvalue weighted by atomic mass is 35.5. The second-order valence-electron chi connectivity index (χ2n) is 5.67. The summed E-state index contributed by atoms with van der Waals surface area (Å²) >= 11 is 6.27. The van der Waals surface area contributed by atoms with E-state index in [2.05, 4.69) is 37.9 Å². The molecule has 0 aromatic heterocycles. The molecule has 2 unspecified atom stereocenters. The SMILES string of the molecule is Cc1cc(C)c(C23CC2CN(C)C3)cc1Cl.Cl. The molecule has 3 rings (SSSR count). The summed E-state index contributed by atoms with van der Waals surface area (Å²) in [7, 11) is 2.22. The Balaban J connectivity index is 0.00000108. The number of nitrogens with zero attached hydrogens (tertiary/aromatic N) is 1. The fourth-order valence-corrected chi connectivity index (χ4v) is 3.68. The van der Waals surface area contributed by atoms with E-state index in [-0.39, 0.29) is 12.4 Å². The molecular weight excluding hydrogens is 253 g/mol. The Kier molecular flexibility index (Phi) is 3.22. The topological polar surface area (TPSA) is 3.24 Å². The van der Waals surface area contributed by atoms with Gasteiger partial charge >= 0.3 is 0 Å². The molecule has 1 saturated carbocycles. The number of rotatable bonds is 1. The van der Waals surface area contributed by atoms with Crippen LogP contribution in [0.15, 0.2) is 12.1 Å². The smallest absolute Gasteiger partial charge is 0.0438 e. The number of likely N-dealkylation sites (N-methyl/N-ethyl adjacent to an activating group) is 1. The lowest BCUT2D eigenvalue weighted by atomic mass is 9.90. The van der Waals surface area contributed by atoms with Crippen LogP contribution in [0.25, 0.3) is 0 Å². The van der Waals surface area contributed by atoms with Crippen molar-refractivity contribution in [3.05, 3.63) is 33.8 Å². The Morgan fingerprint density at radius 2 is 2.00 bits per heavy atom. The molecule has 0 bridgehead atoms. The molecule has 0 N–H and O–H groups in total. The maximum Gasteiger partial charge on any atom is 0.0438 e. The molecule has 0 spiro atoms. The lowest BCUT2D eigenvalue weighted by Gasteiger charge is -2.19. The van der Waals surface area contributed by atoms with E-state index in [1.54, 1.807) is 0 Å². The van der Waals surface area contributed by atoms with Crippen molar-refractivity contribution in [2.24, 2.45) is 5.92 Å². The molecule has 0 amide bonds. The highest BCUT2D eigenvalue weighted by Gasteiger charge is 2.60. The standard InChI is InChI=1S/C14H18ClN.ClH/c1-9-4-10(2)13(15)5-12(9)14-6-11(14)7-16(3)8-14;/h4-5,11H,6-8H2,1-3H3;1H. The maximum atomic E-state index is 6.27. The van der Waals surface area contributed by atoms with Gasteiger partial charge in [-0.2, -0.15) is 0 Å². The van der Waals surface area contributed by atoms with Crippen LogP contribution in [0.3, 0.4) is 0 Å². The summed E-state index contributed by atoms with van der Waals surface area (Å²) in [6.07, 6.45) is 1.36. The molecule has 1 saturated heterocycles. The third kappa shape index (κ3) is 1.89. The van der Waals surface area contributed by atoms with E-state index in [1.165, 1.54) is 36.2 Å². The highest BCUT2D eigenvalue weighted by molar-refractivity contribution is 6.31. The molecule has 17 heavy (non-hydrogen) atoms. The Bertz CT molecular complexity index is 458. The largest absolute Gasteiger partial charge is 0.305 e. The van der Waals surface area contributed by atoms with Crippen molar-refractivity contribution in [1.82, 2.24) is 4.90 Å². The van der Waals surface area contributed by atoms with Gasteiger partial charge in [0.2, 0.25) is 0 Å². The molecular formula is C14H19Cl2N. The molecule has 1 aromatic carbocycles. The molecule has 2 fully saturated rings. The summed E-state index contributed by atoms with van der Waals surface area (Å²) in [5.74, 6) is 0.870. The minimum atomic E-state index is 0. The van der Waals surface area contributed by atoms with Crippen molar-refractivity contribution < 1.29 is 0 Å². The number of halogens is 2. The van der Waals surface area contributed by atoms with Gasteiger partial charge in [-0.1, -0.05) is 17.7 Å². The lowest BCUT2D eigenvalue weighted by molar-refractivity contribution is 0.363. The Morgan fingerprint density at radius 1 is 1.29 bits per heavy atom. The van der Waals surface area contributed by atoms with Gasteiger partial charge in [0.25, 0.3) is 0 Å². The predicted molar refractivity (Wildman–Crippen MR) is 75.5 cm³/mol. The zero-order valence-electron chi connectivity index (χ0n) is 10.6. The first-order valence-corrected chi connectivity index (χ1v) is 6.36. The molecule has 1 aliphatic heterocycles. The highest BCUT2D eigenvalue weighted by Crippen LogP contribution is 2.59. The molecule has 1 aromatic rings. The van der Waals surface area contributed by atoms with Gasteiger partial charge in [-0.05, 0) is 56.0 Å². The molecule has 1 aliphatic carbocycles. The first-order chi connectivity index (χ1) is 7.53. The third-order valence-electron chi connectivity index (χ3n) is 4.36. The second-order valence-corrected chi connectivity index (χ2v) is 6.08. The van der Waals surface area contributed by atoms with Gasteiger partial charge in [0.1, 0.15) is 0 Å². The molecule has 94 valence electrons. The number of piperidine rings is 1.